The Labute approximate surface area is 69.2 Å². The van der Waals surface area contributed by atoms with Gasteiger partial charge in [-0.3, -0.25) is 9.80 Å². The zero-order valence-corrected chi connectivity index (χ0v) is 7.83. The minimum atomic E-state index is 0.255. The van der Waals surface area contributed by atoms with E-state index in [1.165, 1.54) is 0 Å². The number of nitriles is 1. The minimum Gasteiger partial charge on any atom is -0.294 e. The van der Waals surface area contributed by atoms with Crippen LogP contribution in [0.3, 0.4) is 0 Å². The summed E-state index contributed by atoms with van der Waals surface area (Å²) in [5.41, 5.74) is 0. The lowest BCUT2D eigenvalue weighted by atomic mass is 10.3. The van der Waals surface area contributed by atoms with Crippen molar-refractivity contribution in [1.29, 1.82) is 5.26 Å². The molecule has 3 heteroatoms. The highest BCUT2D eigenvalue weighted by atomic mass is 15.3. The van der Waals surface area contributed by atoms with E-state index in [0.717, 1.165) is 13.0 Å². The van der Waals surface area contributed by atoms with E-state index in [2.05, 4.69) is 18.0 Å². The number of hydrogen-bond donors (Lipinski definition) is 0. The van der Waals surface area contributed by atoms with Gasteiger partial charge in [0, 0.05) is 6.54 Å². The molecule has 0 amide bonds. The van der Waals surface area contributed by atoms with Crippen molar-refractivity contribution < 1.29 is 0 Å². The molecule has 0 saturated heterocycles. The summed E-state index contributed by atoms with van der Waals surface area (Å²) in [5.74, 6) is 0. The van der Waals surface area contributed by atoms with Gasteiger partial charge in [0.25, 0.3) is 0 Å². The first kappa shape index (κ1) is 10.2. The van der Waals surface area contributed by atoms with Crippen molar-refractivity contribution in [2.45, 2.75) is 26.4 Å². The van der Waals surface area contributed by atoms with Crippen LogP contribution in [-0.4, -0.2) is 36.6 Å². The van der Waals surface area contributed by atoms with Crippen LogP contribution in [0.4, 0.5) is 0 Å². The van der Waals surface area contributed by atoms with Crippen LogP contribution in [0.15, 0.2) is 0 Å². The van der Waals surface area contributed by atoms with Crippen LogP contribution in [0.2, 0.25) is 0 Å². The molecule has 0 spiro atoms. The summed E-state index contributed by atoms with van der Waals surface area (Å²) in [6, 6.07) is 0. The third-order valence-corrected chi connectivity index (χ3v) is 1.79. The Balaban J connectivity index is 4.12. The topological polar surface area (TPSA) is 30.3 Å². The first-order valence-corrected chi connectivity index (χ1v) is 4.00. The van der Waals surface area contributed by atoms with E-state index in [4.69, 9.17) is 5.26 Å². The van der Waals surface area contributed by atoms with Gasteiger partial charge >= 0.3 is 0 Å². The van der Waals surface area contributed by atoms with Crippen LogP contribution in [0, 0.1) is 11.5 Å². The van der Waals surface area contributed by atoms with Crippen LogP contribution < -0.4 is 0 Å². The van der Waals surface area contributed by atoms with E-state index in [1.54, 1.807) is 4.90 Å². The smallest absolute Gasteiger partial charge is 0.180 e. The molecule has 0 rings (SSSR count). The Hall–Kier alpha value is -0.750. The van der Waals surface area contributed by atoms with Gasteiger partial charge in [0.2, 0.25) is 0 Å². The summed E-state index contributed by atoms with van der Waals surface area (Å²) in [5, 5.41) is 8.73. The average molecular weight is 155 g/mol. The molecular weight excluding hydrogens is 138 g/mol. The predicted octanol–water partition coefficient (Wildman–Crippen LogP) is 1.09. The maximum Gasteiger partial charge on any atom is 0.180 e. The van der Waals surface area contributed by atoms with Crippen molar-refractivity contribution in [1.82, 2.24) is 9.80 Å². The highest BCUT2D eigenvalue weighted by molar-refractivity contribution is 4.78. The Morgan fingerprint density at radius 1 is 1.36 bits per heavy atom. The second-order valence-electron chi connectivity index (χ2n) is 2.74. The highest BCUT2D eigenvalue weighted by Crippen LogP contribution is 2.04. The van der Waals surface area contributed by atoms with Gasteiger partial charge < -0.3 is 0 Å². The summed E-state index contributed by atoms with van der Waals surface area (Å²) in [6.45, 7) is 4.87. The molecule has 0 aromatic heterocycles. The Kier molecular flexibility index (Phi) is 4.64. The highest BCUT2D eigenvalue weighted by Gasteiger charge is 2.14. The van der Waals surface area contributed by atoms with Crippen molar-refractivity contribution >= 4 is 0 Å². The van der Waals surface area contributed by atoms with Crippen LogP contribution >= 0.6 is 0 Å². The largest absolute Gasteiger partial charge is 0.294 e. The molecule has 0 bridgehead atoms. The predicted molar refractivity (Wildman–Crippen MR) is 45.8 cm³/mol. The van der Waals surface area contributed by atoms with Crippen molar-refractivity contribution in [2.24, 2.45) is 0 Å². The van der Waals surface area contributed by atoms with Crippen LogP contribution in [-0.2, 0) is 0 Å². The van der Waals surface area contributed by atoms with Gasteiger partial charge in [-0.2, -0.15) is 5.26 Å². The Morgan fingerprint density at radius 2 is 1.91 bits per heavy atom. The van der Waals surface area contributed by atoms with E-state index >= 15 is 0 Å². The van der Waals surface area contributed by atoms with Gasteiger partial charge in [0.1, 0.15) is 0 Å². The van der Waals surface area contributed by atoms with Crippen LogP contribution in [0.25, 0.3) is 0 Å². The number of nitrogens with zero attached hydrogens (tertiary/aromatic N) is 3. The summed E-state index contributed by atoms with van der Waals surface area (Å²) in [7, 11) is 3.99. The maximum absolute atomic E-state index is 8.73. The van der Waals surface area contributed by atoms with Gasteiger partial charge in [-0.15, -0.1) is 0 Å². The van der Waals surface area contributed by atoms with Crippen molar-refractivity contribution in [3.63, 3.8) is 0 Å². The third kappa shape index (κ3) is 2.77. The first-order chi connectivity index (χ1) is 5.17. The first-order valence-electron chi connectivity index (χ1n) is 4.00. The normalized spacial score (nSPS) is 12.7. The second kappa shape index (κ2) is 4.97. The van der Waals surface area contributed by atoms with E-state index in [9.17, 15) is 0 Å². The molecule has 0 aromatic carbocycles. The molecule has 3 nitrogen and oxygen atoms in total. The van der Waals surface area contributed by atoms with Gasteiger partial charge in [-0.1, -0.05) is 6.92 Å². The zero-order chi connectivity index (χ0) is 8.85. The van der Waals surface area contributed by atoms with Crippen molar-refractivity contribution in [3.8, 4) is 6.19 Å². The fourth-order valence-electron chi connectivity index (χ4n) is 1.21. The van der Waals surface area contributed by atoms with E-state index in [1.807, 2.05) is 21.0 Å². The molecule has 64 valence electrons. The zero-order valence-electron chi connectivity index (χ0n) is 7.83. The molecule has 0 aromatic rings. The summed E-state index contributed by atoms with van der Waals surface area (Å²) < 4.78 is 0. The fraction of sp³-hybridized carbons (Fsp3) is 0.875. The van der Waals surface area contributed by atoms with Gasteiger partial charge in [-0.05, 0) is 27.4 Å². The molecular formula is C8H17N3. The van der Waals surface area contributed by atoms with Gasteiger partial charge in [0.05, 0.1) is 6.17 Å². The SMILES string of the molecule is CCC(N(C)C)N(C#N)CC. The van der Waals surface area contributed by atoms with Crippen molar-refractivity contribution in [2.75, 3.05) is 20.6 Å². The van der Waals surface area contributed by atoms with Gasteiger partial charge in [-0.25, -0.2) is 0 Å². The van der Waals surface area contributed by atoms with Crippen molar-refractivity contribution in [3.05, 3.63) is 0 Å². The Morgan fingerprint density at radius 3 is 2.00 bits per heavy atom. The average Bonchev–Trinajstić information content (AvgIpc) is 1.99. The molecule has 0 fully saturated rings. The molecule has 1 unspecified atom stereocenters. The standard InChI is InChI=1S/C8H17N3/c1-5-8(10(3)4)11(6-2)7-9/h8H,5-6H2,1-4H3. The quantitative estimate of drug-likeness (QED) is 0.346. The summed E-state index contributed by atoms with van der Waals surface area (Å²) in [4.78, 5) is 3.84. The second-order valence-corrected chi connectivity index (χ2v) is 2.74. The van der Waals surface area contributed by atoms with E-state index in [0.29, 0.717) is 0 Å². The fourth-order valence-corrected chi connectivity index (χ4v) is 1.21. The number of hydrogen-bond acceptors (Lipinski definition) is 3. The maximum atomic E-state index is 8.73. The summed E-state index contributed by atoms with van der Waals surface area (Å²) >= 11 is 0. The number of rotatable bonds is 4. The lowest BCUT2D eigenvalue weighted by Gasteiger charge is -2.30. The molecule has 0 aliphatic heterocycles. The van der Waals surface area contributed by atoms with Crippen LogP contribution in [0.1, 0.15) is 20.3 Å². The lowest BCUT2D eigenvalue weighted by molar-refractivity contribution is 0.132. The lowest BCUT2D eigenvalue weighted by Crippen LogP contribution is -2.41. The molecule has 0 aliphatic carbocycles. The molecule has 0 N–H and O–H groups in total. The summed E-state index contributed by atoms with van der Waals surface area (Å²) in [6.07, 6.45) is 3.41. The van der Waals surface area contributed by atoms with E-state index < -0.39 is 0 Å². The van der Waals surface area contributed by atoms with Crippen LogP contribution in [0.5, 0.6) is 0 Å². The molecule has 0 radical (unpaired) electrons. The van der Waals surface area contributed by atoms with E-state index in [-0.39, 0.29) is 6.17 Å². The monoisotopic (exact) mass is 155 g/mol. The molecule has 0 heterocycles. The third-order valence-electron chi connectivity index (χ3n) is 1.79. The molecule has 1 atom stereocenters. The molecule has 11 heavy (non-hydrogen) atoms. The molecule has 0 aliphatic rings. The Bertz CT molecular complexity index is 137. The molecule has 0 saturated carbocycles. The van der Waals surface area contributed by atoms with Gasteiger partial charge in [0.15, 0.2) is 6.19 Å². The minimum absolute atomic E-state index is 0.255.